The molecular formula is C19H23Cl2NO. The van der Waals surface area contributed by atoms with Crippen LogP contribution in [0.3, 0.4) is 0 Å². The van der Waals surface area contributed by atoms with E-state index in [2.05, 4.69) is 4.90 Å². The fourth-order valence-corrected chi connectivity index (χ4v) is 3.36. The number of aliphatic hydroxyl groups is 1. The molecule has 1 heterocycles. The van der Waals surface area contributed by atoms with Crippen molar-refractivity contribution in [1.29, 1.82) is 0 Å². The van der Waals surface area contributed by atoms with Crippen LogP contribution in [0.4, 0.5) is 0 Å². The summed E-state index contributed by atoms with van der Waals surface area (Å²) in [6.45, 7) is 2.74. The van der Waals surface area contributed by atoms with Gasteiger partial charge in [-0.15, -0.1) is 12.4 Å². The second kappa shape index (κ2) is 8.16. The van der Waals surface area contributed by atoms with Crippen LogP contribution in [0.1, 0.15) is 30.4 Å². The Morgan fingerprint density at radius 3 is 2.04 bits per heavy atom. The van der Waals surface area contributed by atoms with Gasteiger partial charge in [0.1, 0.15) is 5.60 Å². The van der Waals surface area contributed by atoms with E-state index in [0.29, 0.717) is 11.6 Å². The van der Waals surface area contributed by atoms with Crippen LogP contribution in [0.2, 0.25) is 5.02 Å². The van der Waals surface area contributed by atoms with E-state index in [-0.39, 0.29) is 12.4 Å². The second-order valence-electron chi connectivity index (χ2n) is 6.07. The molecule has 0 spiro atoms. The maximum atomic E-state index is 11.5. The average molecular weight is 352 g/mol. The molecule has 1 aliphatic rings. The highest BCUT2D eigenvalue weighted by Gasteiger charge is 2.34. The molecule has 0 amide bonds. The van der Waals surface area contributed by atoms with Crippen LogP contribution in [0.5, 0.6) is 0 Å². The maximum Gasteiger partial charge on any atom is 0.127 e. The summed E-state index contributed by atoms with van der Waals surface area (Å²) in [4.78, 5) is 2.37. The van der Waals surface area contributed by atoms with Crippen LogP contribution in [-0.2, 0) is 5.60 Å². The molecule has 0 saturated carbocycles. The Balaban J connectivity index is 0.00000192. The van der Waals surface area contributed by atoms with E-state index in [4.69, 9.17) is 11.6 Å². The summed E-state index contributed by atoms with van der Waals surface area (Å²) in [7, 11) is 0. The molecule has 0 aromatic heterocycles. The molecule has 1 saturated heterocycles. The minimum atomic E-state index is -0.997. The van der Waals surface area contributed by atoms with Crippen molar-refractivity contribution in [3.63, 3.8) is 0 Å². The number of nitrogens with zero attached hydrogens (tertiary/aromatic N) is 1. The summed E-state index contributed by atoms with van der Waals surface area (Å²) in [6, 6.07) is 17.5. The third-order valence-corrected chi connectivity index (χ3v) is 4.73. The van der Waals surface area contributed by atoms with Gasteiger partial charge in [0.05, 0.1) is 0 Å². The third kappa shape index (κ3) is 4.27. The minimum Gasteiger partial charge on any atom is -0.379 e. The van der Waals surface area contributed by atoms with E-state index in [9.17, 15) is 5.11 Å². The fraction of sp³-hybridized carbons (Fsp3) is 0.368. The van der Waals surface area contributed by atoms with Crippen molar-refractivity contribution >= 4 is 24.0 Å². The molecule has 3 rings (SSSR count). The smallest absolute Gasteiger partial charge is 0.127 e. The maximum absolute atomic E-state index is 11.5. The van der Waals surface area contributed by atoms with Crippen LogP contribution in [0, 0.1) is 0 Å². The van der Waals surface area contributed by atoms with Crippen LogP contribution in [0.25, 0.3) is 0 Å². The first-order chi connectivity index (χ1) is 10.7. The molecular weight excluding hydrogens is 329 g/mol. The summed E-state index contributed by atoms with van der Waals surface area (Å²) in [5.74, 6) is 0. The molecule has 0 radical (unpaired) electrons. The van der Waals surface area contributed by atoms with Crippen molar-refractivity contribution in [2.45, 2.75) is 24.9 Å². The van der Waals surface area contributed by atoms with Gasteiger partial charge in [-0.05, 0) is 49.2 Å². The SMILES string of the molecule is Cl.OC(CN1CCCCC1)(c1ccccc1)c1ccc(Cl)cc1. The standard InChI is InChI=1S/C19H22ClNO.ClH/c20-18-11-9-17(10-12-18)19(22,16-7-3-1-4-8-16)15-21-13-5-2-6-14-21;/h1,3-4,7-12,22H,2,5-6,13-15H2;1H. The predicted octanol–water partition coefficient (Wildman–Crippen LogP) is 4.48. The van der Waals surface area contributed by atoms with Crippen LogP contribution in [0.15, 0.2) is 54.6 Å². The van der Waals surface area contributed by atoms with Gasteiger partial charge in [-0.3, -0.25) is 4.90 Å². The Morgan fingerprint density at radius 1 is 0.870 bits per heavy atom. The second-order valence-corrected chi connectivity index (χ2v) is 6.51. The van der Waals surface area contributed by atoms with Gasteiger partial charge in [0.25, 0.3) is 0 Å². The summed E-state index contributed by atoms with van der Waals surface area (Å²) >= 11 is 6.01. The lowest BCUT2D eigenvalue weighted by Crippen LogP contribution is -2.44. The lowest BCUT2D eigenvalue weighted by molar-refractivity contribution is 0.0293. The highest BCUT2D eigenvalue weighted by molar-refractivity contribution is 6.30. The molecule has 1 unspecified atom stereocenters. The number of benzene rings is 2. The Kier molecular flexibility index (Phi) is 6.49. The van der Waals surface area contributed by atoms with Crippen molar-refractivity contribution in [2.24, 2.45) is 0 Å². The molecule has 1 fully saturated rings. The highest BCUT2D eigenvalue weighted by Crippen LogP contribution is 2.32. The molecule has 1 N–H and O–H groups in total. The summed E-state index contributed by atoms with van der Waals surface area (Å²) in [5.41, 5.74) is 0.833. The molecule has 0 bridgehead atoms. The molecule has 124 valence electrons. The average Bonchev–Trinajstić information content (AvgIpc) is 2.57. The van der Waals surface area contributed by atoms with E-state index in [1.54, 1.807) is 0 Å². The lowest BCUT2D eigenvalue weighted by atomic mass is 9.85. The first-order valence-electron chi connectivity index (χ1n) is 7.95. The Morgan fingerprint density at radius 2 is 1.43 bits per heavy atom. The molecule has 4 heteroatoms. The predicted molar refractivity (Wildman–Crippen MR) is 98.4 cm³/mol. The monoisotopic (exact) mass is 351 g/mol. The summed E-state index contributed by atoms with van der Waals surface area (Å²) < 4.78 is 0. The first kappa shape index (κ1) is 18.3. The van der Waals surface area contributed by atoms with Gasteiger partial charge < -0.3 is 5.11 Å². The molecule has 1 aliphatic heterocycles. The van der Waals surface area contributed by atoms with Crippen LogP contribution in [-0.4, -0.2) is 29.6 Å². The van der Waals surface area contributed by atoms with Gasteiger partial charge in [-0.2, -0.15) is 0 Å². The Labute approximate surface area is 149 Å². The van der Waals surface area contributed by atoms with Crippen LogP contribution >= 0.6 is 24.0 Å². The van der Waals surface area contributed by atoms with E-state index in [1.165, 1.54) is 19.3 Å². The number of hydrogen-bond acceptors (Lipinski definition) is 2. The normalized spacial score (nSPS) is 18.0. The van der Waals surface area contributed by atoms with Gasteiger partial charge in [0.15, 0.2) is 0 Å². The summed E-state index contributed by atoms with van der Waals surface area (Å²) in [5, 5.41) is 12.2. The number of β-amino-alcohol motifs (C(OH)–C–C–N with tert-alkyl or cyclic N) is 1. The van der Waals surface area contributed by atoms with Crippen molar-refractivity contribution in [3.8, 4) is 0 Å². The number of piperidine rings is 1. The zero-order valence-corrected chi connectivity index (χ0v) is 14.7. The Hall–Kier alpha value is -1.06. The zero-order valence-electron chi connectivity index (χ0n) is 13.1. The van der Waals surface area contributed by atoms with Crippen molar-refractivity contribution in [3.05, 3.63) is 70.7 Å². The van der Waals surface area contributed by atoms with Gasteiger partial charge >= 0.3 is 0 Å². The number of rotatable bonds is 4. The summed E-state index contributed by atoms with van der Waals surface area (Å²) in [6.07, 6.45) is 3.72. The molecule has 2 aromatic carbocycles. The molecule has 1 atom stereocenters. The number of hydrogen-bond donors (Lipinski definition) is 1. The van der Waals surface area contributed by atoms with E-state index >= 15 is 0 Å². The van der Waals surface area contributed by atoms with Gasteiger partial charge in [-0.1, -0.05) is 60.5 Å². The van der Waals surface area contributed by atoms with E-state index in [1.807, 2.05) is 54.6 Å². The van der Waals surface area contributed by atoms with Crippen LogP contribution < -0.4 is 0 Å². The zero-order chi connectivity index (χ0) is 15.4. The lowest BCUT2D eigenvalue weighted by Gasteiger charge is -2.37. The largest absolute Gasteiger partial charge is 0.379 e. The Bertz CT molecular complexity index is 597. The van der Waals surface area contributed by atoms with Gasteiger partial charge in [0.2, 0.25) is 0 Å². The van der Waals surface area contributed by atoms with Crippen molar-refractivity contribution in [1.82, 2.24) is 4.90 Å². The first-order valence-corrected chi connectivity index (χ1v) is 8.32. The molecule has 23 heavy (non-hydrogen) atoms. The molecule has 2 nitrogen and oxygen atoms in total. The molecule has 0 aliphatic carbocycles. The van der Waals surface area contributed by atoms with Crippen molar-refractivity contribution in [2.75, 3.05) is 19.6 Å². The number of likely N-dealkylation sites (tertiary alicyclic amines) is 1. The number of halogens is 2. The fourth-order valence-electron chi connectivity index (χ4n) is 3.23. The quantitative estimate of drug-likeness (QED) is 0.877. The van der Waals surface area contributed by atoms with Crippen molar-refractivity contribution < 1.29 is 5.11 Å². The topological polar surface area (TPSA) is 23.5 Å². The van der Waals surface area contributed by atoms with E-state index < -0.39 is 5.60 Å². The van der Waals surface area contributed by atoms with Gasteiger partial charge in [0, 0.05) is 11.6 Å². The highest BCUT2D eigenvalue weighted by atomic mass is 35.5. The minimum absolute atomic E-state index is 0. The van der Waals surface area contributed by atoms with Gasteiger partial charge in [-0.25, -0.2) is 0 Å². The molecule has 2 aromatic rings. The van der Waals surface area contributed by atoms with E-state index in [0.717, 1.165) is 24.2 Å². The third-order valence-electron chi connectivity index (χ3n) is 4.47.